The zero-order valence-electron chi connectivity index (χ0n) is 18.3. The van der Waals surface area contributed by atoms with Crippen LogP contribution in [0.4, 0.5) is 5.13 Å². The Hall–Kier alpha value is -3.36. The lowest BCUT2D eigenvalue weighted by Gasteiger charge is -2.18. The molecule has 33 heavy (non-hydrogen) atoms. The van der Waals surface area contributed by atoms with Gasteiger partial charge < -0.3 is 14.0 Å². The summed E-state index contributed by atoms with van der Waals surface area (Å²) in [7, 11) is 3.21. The third kappa shape index (κ3) is 5.18. The van der Waals surface area contributed by atoms with Crippen molar-refractivity contribution in [3.05, 3.63) is 71.8 Å². The molecular weight excluding hydrogens is 460 g/mol. The van der Waals surface area contributed by atoms with Gasteiger partial charge in [0.15, 0.2) is 5.13 Å². The predicted octanol–water partition coefficient (Wildman–Crippen LogP) is 5.30. The highest BCUT2D eigenvalue weighted by molar-refractivity contribution is 7.22. The van der Waals surface area contributed by atoms with E-state index in [1.54, 1.807) is 43.8 Å². The number of hydrogen-bond donors (Lipinski definition) is 0. The van der Waals surface area contributed by atoms with E-state index in [2.05, 4.69) is 4.98 Å². The first-order valence-electron chi connectivity index (χ1n) is 10.3. The van der Waals surface area contributed by atoms with Crippen LogP contribution in [0.5, 0.6) is 11.5 Å². The number of aromatic nitrogens is 3. The molecule has 0 aliphatic heterocycles. The van der Waals surface area contributed by atoms with E-state index in [9.17, 15) is 4.79 Å². The van der Waals surface area contributed by atoms with Crippen molar-refractivity contribution >= 4 is 50.3 Å². The number of benzene rings is 2. The lowest BCUT2D eigenvalue weighted by Crippen LogP contribution is -2.30. The fourth-order valence-electron chi connectivity index (χ4n) is 3.38. The highest BCUT2D eigenvalue weighted by Gasteiger charge is 2.21. The smallest absolute Gasteiger partial charge is 0.252 e. The molecule has 4 aromatic rings. The van der Waals surface area contributed by atoms with Gasteiger partial charge in [0.2, 0.25) is 0 Å². The molecule has 0 saturated heterocycles. The molecule has 1 amide bonds. The van der Waals surface area contributed by atoms with E-state index in [-0.39, 0.29) is 5.91 Å². The standard InChI is InChI=1S/C24H23ClN4O3S/c1-31-19-9-10-20(32-2)23-22(19)27-24(33-23)29(14-5-13-28-15-12-26-16-28)21(30)11-8-17-6-3-4-7-18(17)25/h3-4,6-12,15-16H,5,13-14H2,1-2H3/b11-8+. The normalized spacial score (nSPS) is 11.2. The second-order valence-electron chi connectivity index (χ2n) is 7.14. The van der Waals surface area contributed by atoms with Crippen LogP contribution in [0, 0.1) is 0 Å². The monoisotopic (exact) mass is 482 g/mol. The van der Waals surface area contributed by atoms with Crippen molar-refractivity contribution in [2.45, 2.75) is 13.0 Å². The number of aryl methyl sites for hydroxylation is 1. The van der Waals surface area contributed by atoms with Gasteiger partial charge in [0.25, 0.3) is 5.91 Å². The van der Waals surface area contributed by atoms with Gasteiger partial charge >= 0.3 is 0 Å². The average molecular weight is 483 g/mol. The molecular formula is C24H23ClN4O3S. The van der Waals surface area contributed by atoms with Gasteiger partial charge in [-0.2, -0.15) is 0 Å². The SMILES string of the molecule is COc1ccc(OC)c2sc(N(CCCn3ccnc3)C(=O)/C=C/c3ccccc3Cl)nc12. The van der Waals surface area contributed by atoms with Crippen molar-refractivity contribution in [1.82, 2.24) is 14.5 Å². The van der Waals surface area contributed by atoms with Crippen molar-refractivity contribution in [1.29, 1.82) is 0 Å². The van der Waals surface area contributed by atoms with Crippen molar-refractivity contribution in [3.63, 3.8) is 0 Å². The number of methoxy groups -OCH3 is 2. The molecule has 0 N–H and O–H groups in total. The summed E-state index contributed by atoms with van der Waals surface area (Å²) in [6.07, 6.45) is 9.38. The Bertz CT molecular complexity index is 1230. The number of carbonyl (C=O) groups is 1. The molecule has 2 aromatic heterocycles. The third-order valence-corrected chi connectivity index (χ3v) is 6.50. The van der Waals surface area contributed by atoms with E-state index in [1.165, 1.54) is 17.4 Å². The minimum atomic E-state index is -0.183. The number of imidazole rings is 1. The van der Waals surface area contributed by atoms with Gasteiger partial charge in [-0.1, -0.05) is 41.1 Å². The quantitative estimate of drug-likeness (QED) is 0.303. The Morgan fingerprint density at radius 2 is 1.97 bits per heavy atom. The predicted molar refractivity (Wildman–Crippen MR) is 132 cm³/mol. The molecule has 0 spiro atoms. The molecule has 0 saturated carbocycles. The number of carbonyl (C=O) groups excluding carboxylic acids is 1. The van der Waals surface area contributed by atoms with Crippen LogP contribution in [-0.2, 0) is 11.3 Å². The molecule has 9 heteroatoms. The Balaban J connectivity index is 1.65. The Labute approximate surface area is 200 Å². The van der Waals surface area contributed by atoms with Gasteiger partial charge in [-0.25, -0.2) is 9.97 Å². The van der Waals surface area contributed by atoms with Gasteiger partial charge in [-0.15, -0.1) is 0 Å². The van der Waals surface area contributed by atoms with Gasteiger partial charge in [0, 0.05) is 36.6 Å². The molecule has 2 aromatic carbocycles. The van der Waals surface area contributed by atoms with E-state index in [1.807, 2.05) is 41.1 Å². The van der Waals surface area contributed by atoms with Crippen LogP contribution in [0.15, 0.2) is 61.2 Å². The van der Waals surface area contributed by atoms with Crippen molar-refractivity contribution in [2.24, 2.45) is 0 Å². The molecule has 4 rings (SSSR count). The highest BCUT2D eigenvalue weighted by Crippen LogP contribution is 2.40. The zero-order chi connectivity index (χ0) is 23.2. The Morgan fingerprint density at radius 3 is 2.70 bits per heavy atom. The van der Waals surface area contributed by atoms with Gasteiger partial charge in [-0.05, 0) is 36.3 Å². The molecule has 0 atom stereocenters. The van der Waals surface area contributed by atoms with Gasteiger partial charge in [0.05, 0.1) is 20.5 Å². The van der Waals surface area contributed by atoms with Gasteiger partial charge in [-0.3, -0.25) is 9.69 Å². The largest absolute Gasteiger partial charge is 0.495 e. The number of anilines is 1. The van der Waals surface area contributed by atoms with Gasteiger partial charge in [0.1, 0.15) is 21.7 Å². The summed E-state index contributed by atoms with van der Waals surface area (Å²) in [6.45, 7) is 1.21. The maximum absolute atomic E-state index is 13.3. The summed E-state index contributed by atoms with van der Waals surface area (Å²) in [5.74, 6) is 1.13. The second-order valence-corrected chi connectivity index (χ2v) is 8.53. The highest BCUT2D eigenvalue weighted by atomic mass is 35.5. The number of rotatable bonds is 9. The molecule has 0 bridgehead atoms. The summed E-state index contributed by atoms with van der Waals surface area (Å²) < 4.78 is 13.8. The number of halogens is 1. The van der Waals surface area contributed by atoms with Crippen molar-refractivity contribution < 1.29 is 14.3 Å². The fourth-order valence-corrected chi connectivity index (χ4v) is 4.69. The third-order valence-electron chi connectivity index (χ3n) is 5.06. The van der Waals surface area contributed by atoms with E-state index in [0.29, 0.717) is 33.7 Å². The first-order chi connectivity index (χ1) is 16.1. The average Bonchev–Trinajstić information content (AvgIpc) is 3.50. The van der Waals surface area contributed by atoms with Crippen LogP contribution in [0.3, 0.4) is 0 Å². The van der Waals surface area contributed by atoms with Crippen LogP contribution in [0.1, 0.15) is 12.0 Å². The van der Waals surface area contributed by atoms with E-state index >= 15 is 0 Å². The number of hydrogen-bond acceptors (Lipinski definition) is 6. The van der Waals surface area contributed by atoms with E-state index < -0.39 is 0 Å². The number of thiazole rings is 1. The topological polar surface area (TPSA) is 69.5 Å². The number of amides is 1. The van der Waals surface area contributed by atoms with E-state index in [4.69, 9.17) is 26.1 Å². The summed E-state index contributed by atoms with van der Waals surface area (Å²) in [4.78, 5) is 23.8. The second kappa shape index (κ2) is 10.5. The van der Waals surface area contributed by atoms with Crippen LogP contribution in [-0.4, -0.2) is 41.2 Å². The van der Waals surface area contributed by atoms with Crippen molar-refractivity contribution in [2.75, 3.05) is 25.7 Å². The Morgan fingerprint density at radius 1 is 1.18 bits per heavy atom. The first kappa shape index (κ1) is 22.8. The zero-order valence-corrected chi connectivity index (χ0v) is 19.8. The van der Waals surface area contributed by atoms with Crippen molar-refractivity contribution in [3.8, 4) is 11.5 Å². The maximum atomic E-state index is 13.3. The lowest BCUT2D eigenvalue weighted by molar-refractivity contribution is -0.114. The Kier molecular flexibility index (Phi) is 7.26. The summed E-state index contributed by atoms with van der Waals surface area (Å²) in [5.41, 5.74) is 1.44. The molecule has 0 radical (unpaired) electrons. The maximum Gasteiger partial charge on any atom is 0.252 e. The minimum Gasteiger partial charge on any atom is -0.495 e. The fraction of sp³-hybridized carbons (Fsp3) is 0.208. The molecule has 0 fully saturated rings. The lowest BCUT2D eigenvalue weighted by atomic mass is 10.2. The number of nitrogens with zero attached hydrogens (tertiary/aromatic N) is 4. The number of ether oxygens (including phenoxy) is 2. The van der Waals surface area contributed by atoms with Crippen LogP contribution >= 0.6 is 22.9 Å². The summed E-state index contributed by atoms with van der Waals surface area (Å²) in [5, 5.41) is 1.16. The molecule has 170 valence electrons. The van der Waals surface area contributed by atoms with E-state index in [0.717, 1.165) is 23.2 Å². The molecule has 0 unspecified atom stereocenters. The molecule has 7 nitrogen and oxygen atoms in total. The molecule has 0 aliphatic rings. The summed E-state index contributed by atoms with van der Waals surface area (Å²) in [6, 6.07) is 11.0. The van der Waals surface area contributed by atoms with Crippen LogP contribution in [0.2, 0.25) is 5.02 Å². The number of fused-ring (bicyclic) bond motifs is 1. The van der Waals surface area contributed by atoms with Crippen LogP contribution in [0.25, 0.3) is 16.3 Å². The minimum absolute atomic E-state index is 0.183. The summed E-state index contributed by atoms with van der Waals surface area (Å²) >= 11 is 7.64. The molecule has 2 heterocycles. The van der Waals surface area contributed by atoms with Crippen LogP contribution < -0.4 is 14.4 Å². The first-order valence-corrected chi connectivity index (χ1v) is 11.5. The molecule has 0 aliphatic carbocycles.